The molecule has 1 aliphatic carbocycles. The highest BCUT2D eigenvalue weighted by Crippen LogP contribution is 2.45. The molecule has 14 heteroatoms. The van der Waals surface area contributed by atoms with Crippen molar-refractivity contribution in [3.8, 4) is 23.7 Å². The highest BCUT2D eigenvalue weighted by Gasteiger charge is 2.45. The predicted molar refractivity (Wildman–Crippen MR) is 146 cm³/mol. The quantitative estimate of drug-likeness (QED) is 0.183. The van der Waals surface area contributed by atoms with Gasteiger partial charge in [0.15, 0.2) is 26.9 Å². The fourth-order valence-electron chi connectivity index (χ4n) is 4.32. The topological polar surface area (TPSA) is 142 Å². The number of halogens is 1. The number of hydrogen-bond acceptors (Lipinski definition) is 9. The van der Waals surface area contributed by atoms with Crippen molar-refractivity contribution in [3.63, 3.8) is 0 Å². The van der Waals surface area contributed by atoms with Gasteiger partial charge in [-0.25, -0.2) is 28.3 Å². The van der Waals surface area contributed by atoms with E-state index in [1.807, 2.05) is 0 Å². The summed E-state index contributed by atoms with van der Waals surface area (Å²) in [7, 11) is -3.86. The van der Waals surface area contributed by atoms with Gasteiger partial charge in [-0.3, -0.25) is 9.36 Å². The summed E-state index contributed by atoms with van der Waals surface area (Å²) in [4.78, 5) is 44.0. The van der Waals surface area contributed by atoms with Crippen LogP contribution in [0.4, 0.5) is 9.59 Å². The molecule has 1 N–H and O–H groups in total. The lowest BCUT2D eigenvalue weighted by Crippen LogP contribution is -2.52. The van der Waals surface area contributed by atoms with Crippen LogP contribution >= 0.6 is 11.6 Å². The molecule has 1 saturated heterocycles. The lowest BCUT2D eigenvalue weighted by atomic mass is 10.1. The Balaban J connectivity index is 1.31. The molecular weight excluding hydrogens is 578 g/mol. The van der Waals surface area contributed by atoms with E-state index < -0.39 is 38.4 Å². The summed E-state index contributed by atoms with van der Waals surface area (Å²) in [6.07, 6.45) is 4.92. The van der Waals surface area contributed by atoms with E-state index in [-0.39, 0.29) is 38.2 Å². The molecule has 1 saturated carbocycles. The van der Waals surface area contributed by atoms with E-state index in [2.05, 4.69) is 33.9 Å². The summed E-state index contributed by atoms with van der Waals surface area (Å²) >= 11 is 5.32. The molecule has 41 heavy (non-hydrogen) atoms. The second kappa shape index (κ2) is 12.7. The molecule has 1 unspecified atom stereocenters. The molecule has 3 heterocycles. The maximum absolute atomic E-state index is 13.0. The van der Waals surface area contributed by atoms with Crippen molar-refractivity contribution in [2.24, 2.45) is 5.41 Å². The van der Waals surface area contributed by atoms with E-state index in [4.69, 9.17) is 25.9 Å². The number of amides is 2. The minimum absolute atomic E-state index is 0.0342. The van der Waals surface area contributed by atoms with E-state index in [1.165, 1.54) is 16.4 Å². The highest BCUT2D eigenvalue weighted by molar-refractivity contribution is 7.92. The third-order valence-corrected chi connectivity index (χ3v) is 9.53. The van der Waals surface area contributed by atoms with Crippen LogP contribution in [0.15, 0.2) is 12.3 Å². The van der Waals surface area contributed by atoms with Crippen LogP contribution in [0.25, 0.3) is 0 Å². The number of aromatic nitrogens is 1. The Morgan fingerprint density at radius 2 is 2.05 bits per heavy atom. The van der Waals surface area contributed by atoms with Gasteiger partial charge in [-0.1, -0.05) is 23.4 Å². The zero-order valence-corrected chi connectivity index (χ0v) is 24.4. The fraction of sp³-hybridized carbons (Fsp3) is 0.593. The van der Waals surface area contributed by atoms with E-state index >= 15 is 0 Å². The molecule has 222 valence electrons. The first-order chi connectivity index (χ1) is 19.5. The molecule has 2 fully saturated rings. The van der Waals surface area contributed by atoms with Crippen molar-refractivity contribution in [2.45, 2.75) is 63.0 Å². The van der Waals surface area contributed by atoms with Crippen LogP contribution in [0.2, 0.25) is 0 Å². The van der Waals surface area contributed by atoms with Gasteiger partial charge in [0.05, 0.1) is 12.0 Å². The number of carbonyl (C=O) groups is 3. The molecule has 0 aromatic carbocycles. The minimum Gasteiger partial charge on any atom is -0.433 e. The maximum Gasteiger partial charge on any atom is 0.509 e. The van der Waals surface area contributed by atoms with Crippen LogP contribution in [-0.2, 0) is 40.2 Å². The van der Waals surface area contributed by atoms with Gasteiger partial charge in [0.25, 0.3) is 5.91 Å². The number of alkyl halides is 1. The van der Waals surface area contributed by atoms with Gasteiger partial charge in [-0.15, -0.1) is 0 Å². The van der Waals surface area contributed by atoms with E-state index in [1.54, 1.807) is 12.3 Å². The Morgan fingerprint density at radius 1 is 1.27 bits per heavy atom. The van der Waals surface area contributed by atoms with Gasteiger partial charge in [-0.05, 0) is 56.9 Å². The Morgan fingerprint density at radius 3 is 2.68 bits per heavy atom. The largest absolute Gasteiger partial charge is 0.509 e. The zero-order chi connectivity index (χ0) is 29.7. The molecule has 0 radical (unpaired) electrons. The molecule has 0 spiro atoms. The number of nitrogens with zero attached hydrogens (tertiary/aromatic N) is 2. The van der Waals surface area contributed by atoms with Crippen molar-refractivity contribution >= 4 is 39.5 Å². The van der Waals surface area contributed by atoms with Crippen molar-refractivity contribution in [1.82, 2.24) is 14.9 Å². The van der Waals surface area contributed by atoms with Crippen molar-refractivity contribution in [3.05, 3.63) is 23.5 Å². The Kier molecular flexibility index (Phi) is 9.55. The molecule has 4 rings (SSSR count). The molecule has 3 aliphatic rings. The summed E-state index contributed by atoms with van der Waals surface area (Å²) in [5.74, 6) is 10.7. The molecule has 1 aromatic heterocycles. The lowest BCUT2D eigenvalue weighted by molar-refractivity contribution is -0.201. The SMILES string of the molecule is C[C@@](CCN1Cc2cc(C#CC#CC3(COC(=O)OCCl)CC3)cn2C1=O)(C(=O)NOC1CCCCO1)S(C)(=O)=O. The second-order valence-electron chi connectivity index (χ2n) is 10.5. The van der Waals surface area contributed by atoms with Crippen molar-refractivity contribution in [2.75, 3.05) is 32.1 Å². The van der Waals surface area contributed by atoms with Gasteiger partial charge in [0.1, 0.15) is 6.61 Å². The highest BCUT2D eigenvalue weighted by atomic mass is 35.5. The van der Waals surface area contributed by atoms with Gasteiger partial charge in [-0.2, -0.15) is 0 Å². The number of hydroxylamine groups is 1. The predicted octanol–water partition coefficient (Wildman–Crippen LogP) is 2.52. The molecule has 2 aliphatic heterocycles. The Hall–Kier alpha value is -3.23. The van der Waals surface area contributed by atoms with E-state index in [0.29, 0.717) is 24.3 Å². The number of nitrogens with one attached hydrogen (secondary N) is 1. The third kappa shape index (κ3) is 7.54. The van der Waals surface area contributed by atoms with Gasteiger partial charge < -0.3 is 19.1 Å². The first-order valence-corrected chi connectivity index (χ1v) is 15.6. The van der Waals surface area contributed by atoms with E-state index in [9.17, 15) is 22.8 Å². The maximum atomic E-state index is 13.0. The number of hydrogen-bond donors (Lipinski definition) is 1. The number of sulfone groups is 1. The van der Waals surface area contributed by atoms with Crippen molar-refractivity contribution < 1.29 is 41.8 Å². The van der Waals surface area contributed by atoms with Crippen LogP contribution in [0, 0.1) is 29.1 Å². The molecular formula is C27H32ClN3O9S. The first kappa shape index (κ1) is 30.7. The number of fused-ring (bicyclic) bond motifs is 1. The standard InChI is InChI=1S/C27H32ClN3O9S/c1-26(41(2,35)36,23(32)29-40-22-8-4-6-14-37-22)12-13-30-17-21-15-20(16-31(21)24(30)33)7-3-5-9-27(10-11-27)18-38-25(34)39-19-28/h15-16,22H,4,6,8,10-14,17-19H2,1-2H3,(H,29,32)/t22?,26-/m1/s1. The van der Waals surface area contributed by atoms with Crippen LogP contribution in [0.5, 0.6) is 0 Å². The number of ether oxygens (including phenoxy) is 3. The van der Waals surface area contributed by atoms with Crippen molar-refractivity contribution in [1.29, 1.82) is 0 Å². The zero-order valence-electron chi connectivity index (χ0n) is 22.9. The Bertz CT molecular complexity index is 1410. The molecule has 2 atom stereocenters. The van der Waals surface area contributed by atoms with E-state index in [0.717, 1.165) is 31.9 Å². The molecule has 12 nitrogen and oxygen atoms in total. The Labute approximate surface area is 243 Å². The summed E-state index contributed by atoms with van der Waals surface area (Å²) < 4.78 is 39.8. The monoisotopic (exact) mass is 609 g/mol. The van der Waals surface area contributed by atoms with Crippen LogP contribution < -0.4 is 5.48 Å². The summed E-state index contributed by atoms with van der Waals surface area (Å²) in [5, 5.41) is 0. The molecule has 2 amide bonds. The van der Waals surface area contributed by atoms with Gasteiger partial charge >= 0.3 is 12.2 Å². The molecule has 1 aromatic rings. The number of rotatable bonds is 10. The average Bonchev–Trinajstić information content (AvgIpc) is 3.51. The van der Waals surface area contributed by atoms with Gasteiger partial charge in [0, 0.05) is 43.3 Å². The van der Waals surface area contributed by atoms with Crippen LogP contribution in [0.1, 0.15) is 56.7 Å². The normalized spacial score (nSPS) is 20.4. The summed E-state index contributed by atoms with van der Waals surface area (Å²) in [5.41, 5.74) is 3.10. The minimum atomic E-state index is -3.86. The average molecular weight is 610 g/mol. The molecule has 0 bridgehead atoms. The fourth-order valence-corrected chi connectivity index (χ4v) is 5.25. The summed E-state index contributed by atoms with van der Waals surface area (Å²) in [6.45, 7) is 2.20. The lowest BCUT2D eigenvalue weighted by Gasteiger charge is -2.29. The third-order valence-electron chi connectivity index (χ3n) is 7.40. The number of carbonyl (C=O) groups excluding carboxylic acids is 3. The van der Waals surface area contributed by atoms with Crippen LogP contribution in [0.3, 0.4) is 0 Å². The first-order valence-electron chi connectivity index (χ1n) is 13.1. The smallest absolute Gasteiger partial charge is 0.433 e. The van der Waals surface area contributed by atoms with Crippen LogP contribution in [-0.4, -0.2) is 79.1 Å². The van der Waals surface area contributed by atoms with Gasteiger partial charge in [0.2, 0.25) is 0 Å². The second-order valence-corrected chi connectivity index (χ2v) is 13.1. The summed E-state index contributed by atoms with van der Waals surface area (Å²) in [6, 6.07) is 1.12.